The summed E-state index contributed by atoms with van der Waals surface area (Å²) in [5, 5.41) is 0. The van der Waals surface area contributed by atoms with Crippen molar-refractivity contribution in [3.05, 3.63) is 35.9 Å². The maximum absolute atomic E-state index is 13.1. The highest BCUT2D eigenvalue weighted by molar-refractivity contribution is 7.54. The first-order chi connectivity index (χ1) is 10.6. The number of ether oxygens (including phenoxy) is 1. The first kappa shape index (κ1) is 18.9. The van der Waals surface area contributed by atoms with Crippen LogP contribution in [0.4, 0.5) is 0 Å². The van der Waals surface area contributed by atoms with Gasteiger partial charge in [-0.2, -0.15) is 0 Å². The topological polar surface area (TPSA) is 61.8 Å². The van der Waals surface area contributed by atoms with Crippen molar-refractivity contribution in [2.24, 2.45) is 0 Å². The number of carbonyl (C=O) groups is 1. The summed E-state index contributed by atoms with van der Waals surface area (Å²) in [7, 11) is -3.33. The van der Waals surface area contributed by atoms with Crippen LogP contribution in [0.3, 0.4) is 0 Å². The summed E-state index contributed by atoms with van der Waals surface area (Å²) in [6, 6.07) is 9.38. The molecule has 0 heterocycles. The summed E-state index contributed by atoms with van der Waals surface area (Å²) >= 11 is 0. The molecule has 22 heavy (non-hydrogen) atoms. The van der Waals surface area contributed by atoms with Gasteiger partial charge in [0.1, 0.15) is 0 Å². The van der Waals surface area contributed by atoms with Crippen molar-refractivity contribution in [3.8, 4) is 0 Å². The van der Waals surface area contributed by atoms with E-state index in [-0.39, 0.29) is 12.4 Å². The predicted molar refractivity (Wildman–Crippen MR) is 85.9 cm³/mol. The average Bonchev–Trinajstić information content (AvgIpc) is 2.49. The van der Waals surface area contributed by atoms with Crippen molar-refractivity contribution in [1.82, 2.24) is 0 Å². The maximum Gasteiger partial charge on any atom is 0.338 e. The third-order valence-corrected chi connectivity index (χ3v) is 5.67. The van der Waals surface area contributed by atoms with Gasteiger partial charge in [-0.3, -0.25) is 9.36 Å². The van der Waals surface area contributed by atoms with Gasteiger partial charge in [-0.1, -0.05) is 30.3 Å². The number of esters is 1. The molecule has 0 aliphatic carbocycles. The average molecular weight is 328 g/mol. The lowest BCUT2D eigenvalue weighted by Gasteiger charge is -2.26. The highest BCUT2D eigenvalue weighted by Crippen LogP contribution is 2.62. The van der Waals surface area contributed by atoms with Crippen molar-refractivity contribution in [2.45, 2.75) is 39.3 Å². The molecule has 0 spiro atoms. The van der Waals surface area contributed by atoms with Gasteiger partial charge in [0.15, 0.2) is 0 Å². The van der Waals surface area contributed by atoms with E-state index in [0.717, 1.165) is 5.56 Å². The third-order valence-electron chi connectivity index (χ3n) is 3.11. The minimum Gasteiger partial charge on any atom is -0.466 e. The van der Waals surface area contributed by atoms with E-state index in [1.54, 1.807) is 20.8 Å². The molecule has 0 aliphatic rings. The molecule has 0 fully saturated rings. The van der Waals surface area contributed by atoms with E-state index in [9.17, 15) is 9.36 Å². The summed E-state index contributed by atoms with van der Waals surface area (Å²) < 4.78 is 29.0. The quantitative estimate of drug-likeness (QED) is 0.472. The lowest BCUT2D eigenvalue weighted by molar-refractivity contribution is -0.143. The molecule has 0 aliphatic heterocycles. The van der Waals surface area contributed by atoms with Crippen LogP contribution in [0.1, 0.15) is 44.8 Å². The molecule has 0 N–H and O–H groups in total. The highest BCUT2D eigenvalue weighted by atomic mass is 31.2. The van der Waals surface area contributed by atoms with Crippen molar-refractivity contribution in [2.75, 3.05) is 19.8 Å². The Hall–Kier alpha value is -1.16. The lowest BCUT2D eigenvalue weighted by atomic mass is 10.1. The molecule has 5 nitrogen and oxygen atoms in total. The number of benzene rings is 1. The fraction of sp³-hybridized carbons (Fsp3) is 0.562. The molecule has 0 saturated carbocycles. The third kappa shape index (κ3) is 5.56. The van der Waals surface area contributed by atoms with E-state index in [1.807, 2.05) is 30.3 Å². The summed E-state index contributed by atoms with van der Waals surface area (Å²) in [6.07, 6.45) is 0.539. The van der Waals surface area contributed by atoms with Gasteiger partial charge in [0.2, 0.25) is 0 Å². The fourth-order valence-electron chi connectivity index (χ4n) is 2.25. The second-order valence-electron chi connectivity index (χ2n) is 4.65. The molecule has 124 valence electrons. The Balaban J connectivity index is 2.99. The number of carbonyl (C=O) groups excluding carboxylic acids is 1. The molecule has 0 radical (unpaired) electrons. The SMILES string of the molecule is CCOC(=O)CC[C@H](c1ccccc1)P(=O)(OCC)OCC. The number of hydrogen-bond acceptors (Lipinski definition) is 5. The van der Waals surface area contributed by atoms with Crippen molar-refractivity contribution in [1.29, 1.82) is 0 Å². The summed E-state index contributed by atoms with van der Waals surface area (Å²) in [6.45, 7) is 6.24. The van der Waals surface area contributed by atoms with Crippen LogP contribution in [0.25, 0.3) is 0 Å². The fourth-order valence-corrected chi connectivity index (χ4v) is 4.38. The van der Waals surface area contributed by atoms with Crippen molar-refractivity contribution in [3.63, 3.8) is 0 Å². The molecular weight excluding hydrogens is 303 g/mol. The second kappa shape index (κ2) is 9.78. The van der Waals surface area contributed by atoms with Gasteiger partial charge in [-0.25, -0.2) is 0 Å². The van der Waals surface area contributed by atoms with Gasteiger partial charge in [0, 0.05) is 6.42 Å². The van der Waals surface area contributed by atoms with Gasteiger partial charge in [-0.05, 0) is 32.8 Å². The second-order valence-corrected chi connectivity index (χ2v) is 6.86. The summed E-state index contributed by atoms with van der Waals surface area (Å²) in [5.74, 6) is -0.303. The highest BCUT2D eigenvalue weighted by Gasteiger charge is 2.36. The normalized spacial score (nSPS) is 12.9. The van der Waals surface area contributed by atoms with Crippen LogP contribution in [0.2, 0.25) is 0 Å². The lowest BCUT2D eigenvalue weighted by Crippen LogP contribution is -2.11. The molecule has 1 atom stereocenters. The Kier molecular flexibility index (Phi) is 8.39. The summed E-state index contributed by atoms with van der Waals surface area (Å²) in [4.78, 5) is 11.6. The van der Waals surface area contributed by atoms with Crippen LogP contribution in [0, 0.1) is 0 Å². The van der Waals surface area contributed by atoms with Gasteiger partial charge < -0.3 is 13.8 Å². The minimum atomic E-state index is -3.33. The molecule has 1 aromatic carbocycles. The zero-order chi connectivity index (χ0) is 16.4. The molecular formula is C16H25O5P. The first-order valence-corrected chi connectivity index (χ1v) is 9.27. The van der Waals surface area contributed by atoms with Crippen molar-refractivity contribution >= 4 is 13.6 Å². The van der Waals surface area contributed by atoms with Gasteiger partial charge >= 0.3 is 13.6 Å². The van der Waals surface area contributed by atoms with E-state index < -0.39 is 13.3 Å². The van der Waals surface area contributed by atoms with Gasteiger partial charge in [-0.15, -0.1) is 0 Å². The zero-order valence-electron chi connectivity index (χ0n) is 13.5. The smallest absolute Gasteiger partial charge is 0.338 e. The summed E-state index contributed by atoms with van der Waals surface area (Å²) in [5.41, 5.74) is 0.370. The molecule has 0 bridgehead atoms. The van der Waals surface area contributed by atoms with Crippen LogP contribution in [-0.4, -0.2) is 25.8 Å². The minimum absolute atomic E-state index is 0.178. The predicted octanol–water partition coefficient (Wildman–Crippen LogP) is 4.34. The van der Waals surface area contributed by atoms with E-state index >= 15 is 0 Å². The molecule has 1 rings (SSSR count). The monoisotopic (exact) mass is 328 g/mol. The standard InChI is InChI=1S/C16H25O5P/c1-4-19-16(17)13-12-15(14-10-8-7-9-11-14)22(18,20-5-2)21-6-3/h7-11,15H,4-6,12-13H2,1-3H3/t15-/m1/s1. The molecule has 0 aromatic heterocycles. The first-order valence-electron chi connectivity index (χ1n) is 7.66. The largest absolute Gasteiger partial charge is 0.466 e. The molecule has 0 amide bonds. The van der Waals surface area contributed by atoms with Crippen LogP contribution < -0.4 is 0 Å². The number of hydrogen-bond donors (Lipinski definition) is 0. The van der Waals surface area contributed by atoms with Crippen LogP contribution in [-0.2, 0) is 23.1 Å². The Morgan fingerprint density at radius 1 is 1.05 bits per heavy atom. The van der Waals surface area contributed by atoms with E-state index in [0.29, 0.717) is 26.2 Å². The zero-order valence-corrected chi connectivity index (χ0v) is 14.4. The molecule has 1 aromatic rings. The van der Waals surface area contributed by atoms with E-state index in [2.05, 4.69) is 0 Å². The maximum atomic E-state index is 13.1. The van der Waals surface area contributed by atoms with Crippen LogP contribution >= 0.6 is 7.60 Å². The Morgan fingerprint density at radius 2 is 1.64 bits per heavy atom. The van der Waals surface area contributed by atoms with Gasteiger partial charge in [0.05, 0.1) is 25.5 Å². The Morgan fingerprint density at radius 3 is 2.14 bits per heavy atom. The van der Waals surface area contributed by atoms with Gasteiger partial charge in [0.25, 0.3) is 0 Å². The van der Waals surface area contributed by atoms with Crippen LogP contribution in [0.15, 0.2) is 30.3 Å². The Bertz CT molecular complexity index is 479. The molecule has 6 heteroatoms. The van der Waals surface area contributed by atoms with Crippen molar-refractivity contribution < 1.29 is 23.1 Å². The number of rotatable bonds is 10. The van der Waals surface area contributed by atoms with E-state index in [1.165, 1.54) is 0 Å². The molecule has 0 unspecified atom stereocenters. The Labute approximate surface area is 132 Å². The van der Waals surface area contributed by atoms with E-state index in [4.69, 9.17) is 13.8 Å². The molecule has 0 saturated heterocycles. The van der Waals surface area contributed by atoms with Crippen LogP contribution in [0.5, 0.6) is 0 Å².